The van der Waals surface area contributed by atoms with E-state index in [9.17, 15) is 0 Å². The lowest BCUT2D eigenvalue weighted by Crippen LogP contribution is -2.29. The molecule has 0 aliphatic heterocycles. The molecule has 0 heterocycles. The maximum Gasteiger partial charge on any atom is 0.0412 e. The lowest BCUT2D eigenvalue weighted by molar-refractivity contribution is 0.477. The van der Waals surface area contributed by atoms with E-state index >= 15 is 0 Å². The predicted octanol–water partition coefficient (Wildman–Crippen LogP) is 11.7. The number of rotatable bonds is 13. The number of halogens is 4. The molecule has 0 fully saturated rings. The molecule has 0 aliphatic rings. The van der Waals surface area contributed by atoms with Crippen molar-refractivity contribution in [2.24, 2.45) is 0 Å². The number of unbranched alkanes of at least 4 members (excludes halogenated alkanes) is 7. The van der Waals surface area contributed by atoms with E-state index in [1.54, 1.807) is 0 Å². The van der Waals surface area contributed by atoms with Crippen LogP contribution in [0.4, 0.5) is 0 Å². The van der Waals surface area contributed by atoms with Gasteiger partial charge in [0.1, 0.15) is 0 Å². The zero-order chi connectivity index (χ0) is 24.4. The summed E-state index contributed by atoms with van der Waals surface area (Å²) in [7, 11) is 3.21. The first kappa shape index (κ1) is 30.9. The molecule has 2 atom stereocenters. The van der Waals surface area contributed by atoms with Crippen LogP contribution in [0.25, 0.3) is 0 Å². The molecular weight excluding hydrogens is 625 g/mol. The molecule has 35 heavy (non-hydrogen) atoms. The summed E-state index contributed by atoms with van der Waals surface area (Å²) in [4.78, 5) is 0. The fourth-order valence-corrected chi connectivity index (χ4v) is 5.98. The van der Waals surface area contributed by atoms with Crippen LogP contribution in [0, 0.1) is 0 Å². The maximum atomic E-state index is 6.27. The van der Waals surface area contributed by atoms with Crippen molar-refractivity contribution in [2.75, 3.05) is 0 Å². The SMILES string of the molecule is CCCCCCCCCCC(c1ccc(Cl)cc1)C(P)(c1ccc(Cl)cc1)c1ccc(Cl)cc1.I. The van der Waals surface area contributed by atoms with Gasteiger partial charge < -0.3 is 0 Å². The first-order valence-electron chi connectivity index (χ1n) is 12.5. The van der Waals surface area contributed by atoms with Gasteiger partial charge in [0.05, 0.1) is 0 Å². The Morgan fingerprint density at radius 2 is 0.971 bits per heavy atom. The van der Waals surface area contributed by atoms with E-state index < -0.39 is 0 Å². The molecule has 5 heteroatoms. The van der Waals surface area contributed by atoms with Gasteiger partial charge in [-0.3, -0.25) is 0 Å². The van der Waals surface area contributed by atoms with Crippen LogP contribution in [0.15, 0.2) is 72.8 Å². The van der Waals surface area contributed by atoms with Crippen LogP contribution in [0.5, 0.6) is 0 Å². The van der Waals surface area contributed by atoms with Crippen LogP contribution in [0.1, 0.15) is 87.3 Å². The van der Waals surface area contributed by atoms with Crippen LogP contribution in [-0.2, 0) is 5.16 Å². The van der Waals surface area contributed by atoms with Crippen molar-refractivity contribution >= 4 is 68.0 Å². The minimum Gasteiger partial charge on any atom is -0.121 e. The highest BCUT2D eigenvalue weighted by molar-refractivity contribution is 14.0. The van der Waals surface area contributed by atoms with E-state index in [-0.39, 0.29) is 35.1 Å². The molecule has 3 aromatic rings. The first-order valence-corrected chi connectivity index (χ1v) is 14.2. The summed E-state index contributed by atoms with van der Waals surface area (Å²) in [5.41, 5.74) is 3.75. The van der Waals surface area contributed by atoms with Crippen molar-refractivity contribution in [3.05, 3.63) is 105 Å². The Morgan fingerprint density at radius 3 is 1.40 bits per heavy atom. The largest absolute Gasteiger partial charge is 0.121 e. The minimum atomic E-state index is -0.315. The lowest BCUT2D eigenvalue weighted by Gasteiger charge is -2.40. The fourth-order valence-electron chi connectivity index (χ4n) is 4.86. The summed E-state index contributed by atoms with van der Waals surface area (Å²) in [6.45, 7) is 2.27. The van der Waals surface area contributed by atoms with E-state index in [4.69, 9.17) is 34.8 Å². The Hall–Kier alpha value is -0.310. The van der Waals surface area contributed by atoms with Crippen molar-refractivity contribution in [1.29, 1.82) is 0 Å². The third-order valence-corrected chi connectivity index (χ3v) is 8.64. The molecule has 0 bridgehead atoms. The van der Waals surface area contributed by atoms with Gasteiger partial charge in [-0.2, -0.15) is 0 Å². The highest BCUT2D eigenvalue weighted by atomic mass is 127. The van der Waals surface area contributed by atoms with E-state index in [0.29, 0.717) is 0 Å². The second-order valence-corrected chi connectivity index (χ2v) is 11.5. The highest BCUT2D eigenvalue weighted by Gasteiger charge is 2.38. The third kappa shape index (κ3) is 8.89. The summed E-state index contributed by atoms with van der Waals surface area (Å²) in [6, 6.07) is 24.9. The zero-order valence-electron chi connectivity index (χ0n) is 20.5. The summed E-state index contributed by atoms with van der Waals surface area (Å²) >= 11 is 18.8. The van der Waals surface area contributed by atoms with Crippen molar-refractivity contribution in [1.82, 2.24) is 0 Å². The second-order valence-electron chi connectivity index (χ2n) is 9.25. The van der Waals surface area contributed by atoms with Crippen LogP contribution in [0.2, 0.25) is 15.1 Å². The van der Waals surface area contributed by atoms with Crippen LogP contribution in [-0.4, -0.2) is 0 Å². The maximum absolute atomic E-state index is 6.27. The molecule has 3 rings (SSSR count). The van der Waals surface area contributed by atoms with E-state index in [1.807, 2.05) is 36.4 Å². The minimum absolute atomic E-state index is 0. The van der Waals surface area contributed by atoms with Gasteiger partial charge in [0, 0.05) is 26.1 Å². The quantitative estimate of drug-likeness (QED) is 0.0971. The first-order chi connectivity index (χ1) is 16.4. The van der Waals surface area contributed by atoms with Crippen molar-refractivity contribution < 1.29 is 0 Å². The standard InChI is InChI=1S/C30H36Cl3P.HI/c1-2-3-4-5-6-7-8-9-10-29(23-11-17-26(31)18-12-23)30(34,24-13-19-27(32)20-14-24)25-15-21-28(33)22-16-25;/h11-22,29H,2-10,34H2,1H3;1H. The highest BCUT2D eigenvalue weighted by Crippen LogP contribution is 2.52. The van der Waals surface area contributed by atoms with Crippen LogP contribution < -0.4 is 0 Å². The molecule has 0 aliphatic carbocycles. The van der Waals surface area contributed by atoms with Gasteiger partial charge in [-0.15, -0.1) is 33.2 Å². The molecule has 0 spiro atoms. The van der Waals surface area contributed by atoms with E-state index in [0.717, 1.165) is 21.5 Å². The summed E-state index contributed by atoms with van der Waals surface area (Å²) < 4.78 is 0. The average Bonchev–Trinajstić information content (AvgIpc) is 2.84. The summed E-state index contributed by atoms with van der Waals surface area (Å²) in [5, 5.41) is 1.95. The fraction of sp³-hybridized carbons (Fsp3) is 0.400. The van der Waals surface area contributed by atoms with Crippen molar-refractivity contribution in [2.45, 2.75) is 75.8 Å². The van der Waals surface area contributed by atoms with E-state index in [1.165, 1.54) is 68.1 Å². The lowest BCUT2D eigenvalue weighted by atomic mass is 9.73. The van der Waals surface area contributed by atoms with Gasteiger partial charge in [-0.25, -0.2) is 0 Å². The summed E-state index contributed by atoms with van der Waals surface area (Å²) in [6.07, 6.45) is 11.6. The molecule has 0 N–H and O–H groups in total. The van der Waals surface area contributed by atoms with Gasteiger partial charge in [0.25, 0.3) is 0 Å². The number of hydrogen-bond acceptors (Lipinski definition) is 0. The Labute approximate surface area is 246 Å². The predicted molar refractivity (Wildman–Crippen MR) is 170 cm³/mol. The molecule has 0 aromatic heterocycles. The zero-order valence-corrected chi connectivity index (χ0v) is 26.2. The molecule has 2 unspecified atom stereocenters. The molecular formula is C30H37Cl3IP. The van der Waals surface area contributed by atoms with Crippen molar-refractivity contribution in [3.63, 3.8) is 0 Å². The summed E-state index contributed by atoms with van der Waals surface area (Å²) in [5.74, 6) is 0.261. The van der Waals surface area contributed by atoms with E-state index in [2.05, 4.69) is 52.6 Å². The topological polar surface area (TPSA) is 0 Å². The number of benzene rings is 3. The van der Waals surface area contributed by atoms with Gasteiger partial charge in [-0.1, -0.05) is 129 Å². The molecule has 190 valence electrons. The second kappa shape index (κ2) is 15.8. The Bertz CT molecular complexity index is 942. The molecule has 0 saturated heterocycles. The normalized spacial score (nSPS) is 12.3. The Balaban J connectivity index is 0.00000432. The van der Waals surface area contributed by atoms with Gasteiger partial charge in [0.2, 0.25) is 0 Å². The molecule has 0 saturated carbocycles. The molecule has 0 radical (unpaired) electrons. The smallest absolute Gasteiger partial charge is 0.0412 e. The van der Waals surface area contributed by atoms with Gasteiger partial charge >= 0.3 is 0 Å². The van der Waals surface area contributed by atoms with Crippen LogP contribution in [0.3, 0.4) is 0 Å². The van der Waals surface area contributed by atoms with Gasteiger partial charge in [0.15, 0.2) is 0 Å². The number of hydrogen-bond donors (Lipinski definition) is 0. The average molecular weight is 662 g/mol. The van der Waals surface area contributed by atoms with Crippen LogP contribution >= 0.6 is 68.0 Å². The van der Waals surface area contributed by atoms with Gasteiger partial charge in [-0.05, 0) is 59.5 Å². The third-order valence-electron chi connectivity index (χ3n) is 6.81. The monoisotopic (exact) mass is 660 g/mol. The molecule has 0 nitrogen and oxygen atoms in total. The Kier molecular flexibility index (Phi) is 14.0. The molecule has 0 amide bonds. The van der Waals surface area contributed by atoms with Crippen molar-refractivity contribution in [3.8, 4) is 0 Å². The molecule has 3 aromatic carbocycles. The Morgan fingerprint density at radius 1 is 0.600 bits per heavy atom.